The molecule has 15 heteroatoms. The van der Waals surface area contributed by atoms with Crippen LogP contribution in [0.5, 0.6) is 5.75 Å². The molecule has 0 amide bonds. The Balaban J connectivity index is 0.786. The number of aliphatic hydroxyl groups excluding tert-OH is 6. The van der Waals surface area contributed by atoms with E-state index in [9.17, 15) is 40.9 Å². The van der Waals surface area contributed by atoms with E-state index in [1.807, 2.05) is 19.1 Å². The molecule has 4 aliphatic carbocycles. The predicted molar refractivity (Wildman–Crippen MR) is 224 cm³/mol. The van der Waals surface area contributed by atoms with Crippen LogP contribution in [0.25, 0.3) is 0 Å². The van der Waals surface area contributed by atoms with Gasteiger partial charge in [-0.05, 0) is 119 Å². The van der Waals surface area contributed by atoms with E-state index < -0.39 is 97.2 Å². The highest BCUT2D eigenvalue weighted by molar-refractivity contribution is 5.33. The van der Waals surface area contributed by atoms with E-state index in [-0.39, 0.29) is 66.3 Å². The second-order valence-electron chi connectivity index (χ2n) is 21.4. The van der Waals surface area contributed by atoms with Gasteiger partial charge in [0.15, 0.2) is 25.2 Å². The lowest BCUT2D eigenvalue weighted by atomic mass is 9.42. The minimum atomic E-state index is -1.05. The molecule has 4 saturated carbocycles. The second-order valence-corrected chi connectivity index (χ2v) is 21.4. The molecule has 24 atom stereocenters. The van der Waals surface area contributed by atoms with Crippen molar-refractivity contribution >= 4 is 0 Å². The van der Waals surface area contributed by atoms with Gasteiger partial charge in [0, 0.05) is 37.5 Å². The van der Waals surface area contributed by atoms with Crippen molar-refractivity contribution in [3.63, 3.8) is 0 Å². The van der Waals surface area contributed by atoms with E-state index in [1.54, 1.807) is 26.0 Å². The molecule has 1 aromatic rings. The summed E-state index contributed by atoms with van der Waals surface area (Å²) in [5, 5.41) is 89.3. The number of ether oxygens (including phenoxy) is 7. The highest BCUT2D eigenvalue weighted by Crippen LogP contribution is 2.70. The van der Waals surface area contributed by atoms with Crippen molar-refractivity contribution in [1.82, 2.24) is 0 Å². The number of hydrogen-bond acceptors (Lipinski definition) is 15. The number of phenols is 1. The number of hydrogen-bond donors (Lipinski definition) is 8. The lowest BCUT2D eigenvalue weighted by Gasteiger charge is -2.65. The van der Waals surface area contributed by atoms with Crippen molar-refractivity contribution < 1.29 is 74.0 Å². The van der Waals surface area contributed by atoms with E-state index >= 15 is 0 Å². The zero-order chi connectivity index (χ0) is 44.7. The third-order valence-corrected chi connectivity index (χ3v) is 18.1. The average molecular weight is 891 g/mol. The molecule has 0 radical (unpaired) electrons. The molecule has 4 saturated heterocycles. The number of aromatic hydroxyl groups is 1. The van der Waals surface area contributed by atoms with Crippen molar-refractivity contribution in [2.45, 2.75) is 222 Å². The number of fused-ring (bicyclic) bond motifs is 5. The average Bonchev–Trinajstić information content (AvgIpc) is 3.73. The molecule has 0 bridgehead atoms. The molecule has 6 unspecified atom stereocenters. The Labute approximate surface area is 371 Å². The predicted octanol–water partition coefficient (Wildman–Crippen LogP) is 3.41. The van der Waals surface area contributed by atoms with Crippen molar-refractivity contribution in [3.05, 3.63) is 29.8 Å². The molecule has 0 spiro atoms. The highest BCUT2D eigenvalue weighted by Gasteiger charge is 2.72. The van der Waals surface area contributed by atoms with Crippen LogP contribution in [0.1, 0.15) is 117 Å². The Morgan fingerprint density at radius 2 is 1.25 bits per heavy atom. The van der Waals surface area contributed by atoms with Crippen LogP contribution in [-0.2, 0) is 39.6 Å². The Bertz CT molecular complexity index is 1700. The zero-order valence-electron chi connectivity index (χ0n) is 37.6. The molecule has 8 aliphatic rings. The summed E-state index contributed by atoms with van der Waals surface area (Å²) in [7, 11) is 0. The van der Waals surface area contributed by atoms with Gasteiger partial charge in [0.05, 0.1) is 60.5 Å². The van der Waals surface area contributed by atoms with Gasteiger partial charge in [0.1, 0.15) is 24.1 Å². The highest BCUT2D eigenvalue weighted by atomic mass is 16.7. The van der Waals surface area contributed by atoms with Crippen molar-refractivity contribution in [2.75, 3.05) is 0 Å². The summed E-state index contributed by atoms with van der Waals surface area (Å²) in [6.45, 7) is 9.72. The Morgan fingerprint density at radius 3 is 1.89 bits per heavy atom. The lowest BCUT2D eigenvalue weighted by Crippen LogP contribution is -2.67. The van der Waals surface area contributed by atoms with Gasteiger partial charge in [-0.25, -0.2) is 0 Å². The van der Waals surface area contributed by atoms with Crippen LogP contribution in [0.2, 0.25) is 0 Å². The summed E-state index contributed by atoms with van der Waals surface area (Å²) >= 11 is 0. The molecule has 8 fully saturated rings. The van der Waals surface area contributed by atoms with Gasteiger partial charge in [-0.1, -0.05) is 32.0 Å². The number of aliphatic hydroxyl groups is 7. The van der Waals surface area contributed by atoms with Crippen molar-refractivity contribution in [3.8, 4) is 5.75 Å². The summed E-state index contributed by atoms with van der Waals surface area (Å²) in [5.41, 5.74) is -1.14. The van der Waals surface area contributed by atoms with Crippen LogP contribution in [0.3, 0.4) is 0 Å². The molecule has 8 N–H and O–H groups in total. The molecule has 15 nitrogen and oxygen atoms in total. The van der Waals surface area contributed by atoms with E-state index in [1.165, 1.54) is 0 Å². The van der Waals surface area contributed by atoms with Crippen LogP contribution >= 0.6 is 0 Å². The van der Waals surface area contributed by atoms with Gasteiger partial charge in [-0.3, -0.25) is 0 Å². The van der Waals surface area contributed by atoms with Gasteiger partial charge in [0.25, 0.3) is 0 Å². The van der Waals surface area contributed by atoms with Crippen LogP contribution in [0.15, 0.2) is 24.3 Å². The Hall–Kier alpha value is -1.54. The summed E-state index contributed by atoms with van der Waals surface area (Å²) in [6.07, 6.45) is -3.73. The van der Waals surface area contributed by atoms with Crippen LogP contribution in [-0.4, -0.2) is 145 Å². The molecule has 4 heterocycles. The fraction of sp³-hybridized carbons (Fsp3) is 0.875. The molecule has 4 aliphatic heterocycles. The summed E-state index contributed by atoms with van der Waals surface area (Å²) in [6, 6.07) is 7.23. The molecule has 0 aromatic heterocycles. The van der Waals surface area contributed by atoms with Crippen LogP contribution in [0.4, 0.5) is 0 Å². The summed E-state index contributed by atoms with van der Waals surface area (Å²) in [5.74, 6) is 0.621. The van der Waals surface area contributed by atoms with E-state index in [0.29, 0.717) is 31.6 Å². The van der Waals surface area contributed by atoms with Gasteiger partial charge in [-0.15, -0.1) is 0 Å². The smallest absolute Gasteiger partial charge is 0.161 e. The fourth-order valence-electron chi connectivity index (χ4n) is 14.6. The van der Waals surface area contributed by atoms with Crippen molar-refractivity contribution in [2.24, 2.45) is 40.4 Å². The Kier molecular flexibility index (Phi) is 13.2. The summed E-state index contributed by atoms with van der Waals surface area (Å²) < 4.78 is 43.1. The largest absolute Gasteiger partial charge is 0.508 e. The quantitative estimate of drug-likeness (QED) is 0.166. The van der Waals surface area contributed by atoms with Gasteiger partial charge < -0.3 is 74.0 Å². The zero-order valence-corrected chi connectivity index (χ0v) is 37.6. The number of para-hydroxylation sites is 1. The molecule has 63 heavy (non-hydrogen) atoms. The number of phenolic OH excluding ortho intramolecular Hbond substituents is 1. The first kappa shape index (κ1) is 46.6. The van der Waals surface area contributed by atoms with E-state index in [2.05, 4.69) is 13.8 Å². The van der Waals surface area contributed by atoms with Crippen LogP contribution < -0.4 is 0 Å². The van der Waals surface area contributed by atoms with Gasteiger partial charge in [-0.2, -0.15) is 0 Å². The van der Waals surface area contributed by atoms with Gasteiger partial charge >= 0.3 is 0 Å². The summed E-state index contributed by atoms with van der Waals surface area (Å²) in [4.78, 5) is 0. The van der Waals surface area contributed by atoms with Crippen molar-refractivity contribution in [1.29, 1.82) is 0 Å². The topological polar surface area (TPSA) is 226 Å². The van der Waals surface area contributed by atoms with Gasteiger partial charge in [0.2, 0.25) is 0 Å². The van der Waals surface area contributed by atoms with E-state index in [4.69, 9.17) is 33.2 Å². The van der Waals surface area contributed by atoms with E-state index in [0.717, 1.165) is 44.1 Å². The second kappa shape index (κ2) is 17.8. The third-order valence-electron chi connectivity index (χ3n) is 18.1. The molecule has 9 rings (SSSR count). The normalized spacial score (nSPS) is 53.7. The maximum Gasteiger partial charge on any atom is 0.161 e. The minimum Gasteiger partial charge on any atom is -0.508 e. The Morgan fingerprint density at radius 1 is 0.635 bits per heavy atom. The fourth-order valence-corrected chi connectivity index (χ4v) is 14.6. The first-order chi connectivity index (χ1) is 29.9. The minimum absolute atomic E-state index is 0.0440. The first-order valence-electron chi connectivity index (χ1n) is 24.0. The molecule has 1 aromatic carbocycles. The standard InChI is InChI=1S/C48H74O15/c1-23-43(55)34(50)20-41(57-23)62-45-25(3)59-42(22-36(45)52)63-44-24(2)58-40(21-35(44)51)60-28-12-14-46(4)27(17-28)10-11-31-32(46)19-38(53)47(5)30(13-15-48(31,47)56)29-18-39(54)61-37(29)16-26-8-6-7-9-33(26)49/h6-9,23-25,27-32,34-45,49-56H,10-22H2,1-5H3/t23-,24-,25-,27-,28+,29?,30-,31-,32+,34+,35+,36+,37?,38-,39?,40?,41?,42?,43-,44-,45-,46+,47+,48+/m1/s1. The third kappa shape index (κ3) is 8.33. The number of benzene rings is 1. The monoisotopic (exact) mass is 891 g/mol. The first-order valence-corrected chi connectivity index (χ1v) is 24.0. The SMILES string of the molecule is C[C@H]1OC(O[C@H]2[C@@H](O)CC(O[C@H]3[C@@H](O)CC(O[C@H]4CC[C@@]5(C)[C@H](CC[C@@H]6[C@@H]5C[C@@H](O)[C@]5(C)[C@@H](C7CC(O)OC7Cc7ccccc7O)CC[C@]65O)C4)O[C@@H]3C)O[C@@H]2C)C[C@H](O)[C@@H]1O. The number of rotatable bonds is 9. The molecular weight excluding hydrogens is 817 g/mol. The molecular formula is C48H74O15. The molecule has 356 valence electrons. The maximum atomic E-state index is 13.0. The maximum absolute atomic E-state index is 13.0. The van der Waals surface area contributed by atoms with Crippen LogP contribution in [0, 0.1) is 40.4 Å². The lowest BCUT2D eigenvalue weighted by molar-refractivity contribution is -0.336.